The van der Waals surface area contributed by atoms with Gasteiger partial charge in [0.25, 0.3) is 0 Å². The number of benzene rings is 1. The van der Waals surface area contributed by atoms with Crippen LogP contribution in [0.2, 0.25) is 0 Å². The zero-order chi connectivity index (χ0) is 17.5. The van der Waals surface area contributed by atoms with Crippen LogP contribution in [0, 0.1) is 0 Å². The van der Waals surface area contributed by atoms with E-state index in [1.807, 2.05) is 6.07 Å². The molecule has 1 saturated heterocycles. The summed E-state index contributed by atoms with van der Waals surface area (Å²) in [5.74, 6) is 0.588. The average Bonchev–Trinajstić information content (AvgIpc) is 3.08. The first-order chi connectivity index (χ1) is 12.2. The molecule has 3 N–H and O–H groups in total. The van der Waals surface area contributed by atoms with Crippen molar-refractivity contribution in [3.8, 4) is 0 Å². The van der Waals surface area contributed by atoms with Crippen LogP contribution in [0.1, 0.15) is 49.4 Å². The second-order valence-electron chi connectivity index (χ2n) is 7.03. The number of nitrogen functional groups attached to an aromatic ring is 1. The Bertz CT molecular complexity index is 677. The smallest absolute Gasteiger partial charge is 0.125 e. The first kappa shape index (κ1) is 17.7. The van der Waals surface area contributed by atoms with Gasteiger partial charge in [-0.1, -0.05) is 37.6 Å². The summed E-state index contributed by atoms with van der Waals surface area (Å²) in [7, 11) is 0. The zero-order valence-electron chi connectivity index (χ0n) is 15.3. The SMILES string of the molecule is CCCCNc1cc(N)nc(Cc2cccc(CN3CCCC3)c2)c1. The quantitative estimate of drug-likeness (QED) is 0.713. The summed E-state index contributed by atoms with van der Waals surface area (Å²) in [5, 5.41) is 3.45. The highest BCUT2D eigenvalue weighted by atomic mass is 15.1. The Labute approximate surface area is 151 Å². The molecule has 0 amide bonds. The molecule has 1 aromatic heterocycles. The van der Waals surface area contributed by atoms with Crippen LogP contribution in [-0.4, -0.2) is 29.5 Å². The van der Waals surface area contributed by atoms with Gasteiger partial charge in [0, 0.05) is 37.0 Å². The molecule has 1 aliphatic heterocycles. The van der Waals surface area contributed by atoms with Crippen molar-refractivity contribution in [2.45, 2.75) is 45.6 Å². The summed E-state index contributed by atoms with van der Waals surface area (Å²) < 4.78 is 0. The lowest BCUT2D eigenvalue weighted by molar-refractivity contribution is 0.331. The van der Waals surface area contributed by atoms with Gasteiger partial charge in [0.1, 0.15) is 5.82 Å². The highest BCUT2D eigenvalue weighted by Gasteiger charge is 2.12. The van der Waals surface area contributed by atoms with Gasteiger partial charge in [-0.05, 0) is 49.5 Å². The van der Waals surface area contributed by atoms with Gasteiger partial charge in [0.15, 0.2) is 0 Å². The van der Waals surface area contributed by atoms with E-state index in [1.165, 1.54) is 43.5 Å². The first-order valence-corrected chi connectivity index (χ1v) is 9.53. The normalized spacial score (nSPS) is 14.8. The van der Waals surface area contributed by atoms with Gasteiger partial charge in [-0.15, -0.1) is 0 Å². The summed E-state index contributed by atoms with van der Waals surface area (Å²) in [5.41, 5.74) is 10.8. The van der Waals surface area contributed by atoms with E-state index in [0.717, 1.165) is 37.3 Å². The number of likely N-dealkylation sites (tertiary alicyclic amines) is 1. The summed E-state index contributed by atoms with van der Waals surface area (Å²) in [6.07, 6.45) is 5.84. The van der Waals surface area contributed by atoms with Crippen LogP contribution in [0.15, 0.2) is 36.4 Å². The molecule has 3 rings (SSSR count). The number of nitrogens with two attached hydrogens (primary N) is 1. The molecule has 1 aliphatic rings. The van der Waals surface area contributed by atoms with Gasteiger partial charge in [-0.2, -0.15) is 0 Å². The predicted octanol–water partition coefficient (Wildman–Crippen LogP) is 4.06. The molecule has 4 nitrogen and oxygen atoms in total. The Balaban J connectivity index is 1.66. The fourth-order valence-electron chi connectivity index (χ4n) is 3.46. The van der Waals surface area contributed by atoms with Crippen LogP contribution in [-0.2, 0) is 13.0 Å². The third-order valence-electron chi connectivity index (χ3n) is 4.74. The van der Waals surface area contributed by atoms with Crippen molar-refractivity contribution in [2.24, 2.45) is 0 Å². The minimum atomic E-state index is 0.588. The standard InChI is InChI=1S/C21H30N4/c1-2-3-9-23-19-14-20(24-21(22)15-19)13-17-7-6-8-18(12-17)16-25-10-4-5-11-25/h6-8,12,14-15H,2-5,9-11,13,16H2,1H3,(H3,22,23,24). The molecule has 0 bridgehead atoms. The van der Waals surface area contributed by atoms with Gasteiger partial charge in [0.05, 0.1) is 0 Å². The second kappa shape index (κ2) is 8.86. The largest absolute Gasteiger partial charge is 0.385 e. The van der Waals surface area contributed by atoms with Crippen LogP contribution in [0.25, 0.3) is 0 Å². The molecule has 0 atom stereocenters. The van der Waals surface area contributed by atoms with Crippen molar-refractivity contribution in [3.05, 3.63) is 53.2 Å². The molecule has 0 spiro atoms. The molecule has 1 fully saturated rings. The van der Waals surface area contributed by atoms with Crippen LogP contribution in [0.4, 0.5) is 11.5 Å². The van der Waals surface area contributed by atoms with Gasteiger partial charge < -0.3 is 11.1 Å². The predicted molar refractivity (Wildman–Crippen MR) is 106 cm³/mol. The van der Waals surface area contributed by atoms with Crippen LogP contribution < -0.4 is 11.1 Å². The second-order valence-corrected chi connectivity index (χ2v) is 7.03. The minimum absolute atomic E-state index is 0.588. The van der Waals surface area contributed by atoms with E-state index in [4.69, 9.17) is 5.73 Å². The number of hydrogen-bond acceptors (Lipinski definition) is 4. The van der Waals surface area contributed by atoms with Crippen molar-refractivity contribution in [2.75, 3.05) is 30.7 Å². The highest BCUT2D eigenvalue weighted by molar-refractivity contribution is 5.52. The van der Waals surface area contributed by atoms with Crippen molar-refractivity contribution in [3.63, 3.8) is 0 Å². The molecule has 2 heterocycles. The maximum absolute atomic E-state index is 6.00. The van der Waals surface area contributed by atoms with E-state index in [-0.39, 0.29) is 0 Å². The van der Waals surface area contributed by atoms with E-state index in [2.05, 4.69) is 52.5 Å². The Morgan fingerprint density at radius 3 is 2.72 bits per heavy atom. The lowest BCUT2D eigenvalue weighted by atomic mass is 10.1. The lowest BCUT2D eigenvalue weighted by Gasteiger charge is -2.15. The monoisotopic (exact) mass is 338 g/mol. The molecule has 0 radical (unpaired) electrons. The molecule has 134 valence electrons. The summed E-state index contributed by atoms with van der Waals surface area (Å²) in [6, 6.07) is 12.9. The number of aromatic nitrogens is 1. The molecule has 25 heavy (non-hydrogen) atoms. The van der Waals surface area contributed by atoms with Crippen molar-refractivity contribution < 1.29 is 0 Å². The topological polar surface area (TPSA) is 54.2 Å². The summed E-state index contributed by atoms with van der Waals surface area (Å²) >= 11 is 0. The minimum Gasteiger partial charge on any atom is -0.385 e. The molecular weight excluding hydrogens is 308 g/mol. The fourth-order valence-corrected chi connectivity index (χ4v) is 3.46. The molecule has 4 heteroatoms. The zero-order valence-corrected chi connectivity index (χ0v) is 15.3. The number of unbranched alkanes of at least 4 members (excludes halogenated alkanes) is 1. The third kappa shape index (κ3) is 5.46. The number of pyridine rings is 1. The summed E-state index contributed by atoms with van der Waals surface area (Å²) in [4.78, 5) is 7.05. The number of nitrogens with zero attached hydrogens (tertiary/aromatic N) is 2. The van der Waals surface area contributed by atoms with Gasteiger partial charge >= 0.3 is 0 Å². The number of anilines is 2. The maximum Gasteiger partial charge on any atom is 0.125 e. The van der Waals surface area contributed by atoms with Crippen LogP contribution in [0.3, 0.4) is 0 Å². The van der Waals surface area contributed by atoms with Crippen LogP contribution in [0.5, 0.6) is 0 Å². The molecule has 0 unspecified atom stereocenters. The Kier molecular flexibility index (Phi) is 6.29. The molecule has 0 aliphatic carbocycles. The van der Waals surface area contributed by atoms with E-state index >= 15 is 0 Å². The molecule has 0 saturated carbocycles. The van der Waals surface area contributed by atoms with Gasteiger partial charge in [0.2, 0.25) is 0 Å². The Morgan fingerprint density at radius 2 is 1.92 bits per heavy atom. The number of nitrogens with one attached hydrogen (secondary N) is 1. The first-order valence-electron chi connectivity index (χ1n) is 9.53. The fraction of sp³-hybridized carbons (Fsp3) is 0.476. The van der Waals surface area contributed by atoms with Gasteiger partial charge in [-0.25, -0.2) is 4.98 Å². The maximum atomic E-state index is 6.00. The number of hydrogen-bond donors (Lipinski definition) is 2. The summed E-state index contributed by atoms with van der Waals surface area (Å²) in [6.45, 7) is 6.69. The van der Waals surface area contributed by atoms with E-state index < -0.39 is 0 Å². The van der Waals surface area contributed by atoms with Crippen molar-refractivity contribution >= 4 is 11.5 Å². The van der Waals surface area contributed by atoms with E-state index in [0.29, 0.717) is 5.82 Å². The molecule has 2 aromatic rings. The van der Waals surface area contributed by atoms with Crippen LogP contribution >= 0.6 is 0 Å². The van der Waals surface area contributed by atoms with E-state index in [1.54, 1.807) is 0 Å². The third-order valence-corrected chi connectivity index (χ3v) is 4.74. The molecular formula is C21H30N4. The number of rotatable bonds is 8. The van der Waals surface area contributed by atoms with Gasteiger partial charge in [-0.3, -0.25) is 4.90 Å². The van der Waals surface area contributed by atoms with Crippen molar-refractivity contribution in [1.29, 1.82) is 0 Å². The molecule has 1 aromatic carbocycles. The van der Waals surface area contributed by atoms with E-state index in [9.17, 15) is 0 Å². The van der Waals surface area contributed by atoms with Crippen molar-refractivity contribution in [1.82, 2.24) is 9.88 Å². The Hall–Kier alpha value is -2.07. The Morgan fingerprint density at radius 1 is 1.12 bits per heavy atom. The lowest BCUT2D eigenvalue weighted by Crippen LogP contribution is -2.18. The average molecular weight is 338 g/mol. The highest BCUT2D eigenvalue weighted by Crippen LogP contribution is 2.18.